The molecule has 0 aliphatic carbocycles. The van der Waals surface area contributed by atoms with Gasteiger partial charge in [0, 0.05) is 40.5 Å². The van der Waals surface area contributed by atoms with Crippen LogP contribution in [0.25, 0.3) is 0 Å². The fraction of sp³-hybridized carbons (Fsp3) is 0.421. The second kappa shape index (κ2) is 8.44. The zero-order valence-corrected chi connectivity index (χ0v) is 19.0. The average molecular weight is 470 g/mol. The summed E-state index contributed by atoms with van der Waals surface area (Å²) in [6.07, 6.45) is 3.05. The Morgan fingerprint density at radius 3 is 2.26 bits per heavy atom. The molecule has 0 radical (unpaired) electrons. The minimum absolute atomic E-state index is 0.102. The maximum atomic E-state index is 12.8. The number of nitro benzene ring substituents is 1. The predicted octanol–water partition coefficient (Wildman–Crippen LogP) is 2.17. The molecule has 2 atom stereocenters. The number of nitrogens with one attached hydrogen (secondary N) is 1. The minimum Gasteiger partial charge on any atom is -0.347 e. The molecule has 0 bridgehead atoms. The first-order valence-electron chi connectivity index (χ1n) is 9.26. The molecule has 31 heavy (non-hydrogen) atoms. The zero-order valence-electron chi connectivity index (χ0n) is 17.4. The summed E-state index contributed by atoms with van der Waals surface area (Å²) in [7, 11) is -4.02. The van der Waals surface area contributed by atoms with Crippen LogP contribution >= 0.6 is 0 Å². The molecule has 12 heteroatoms. The van der Waals surface area contributed by atoms with E-state index in [2.05, 4.69) is 16.5 Å². The molecule has 2 N–H and O–H groups in total. The van der Waals surface area contributed by atoms with Crippen LogP contribution in [0, 0.1) is 10.1 Å². The number of amides is 3. The summed E-state index contributed by atoms with van der Waals surface area (Å²) in [6, 6.07) is 3.05. The first kappa shape index (κ1) is 24.6. The summed E-state index contributed by atoms with van der Waals surface area (Å²) in [5, 5.41) is 14.0. The van der Waals surface area contributed by atoms with E-state index in [4.69, 9.17) is 0 Å². The molecule has 3 amide bonds. The number of nitro groups is 1. The van der Waals surface area contributed by atoms with Crippen molar-refractivity contribution in [1.82, 2.24) is 10.2 Å². The van der Waals surface area contributed by atoms with Crippen molar-refractivity contribution >= 4 is 43.4 Å². The second-order valence-electron chi connectivity index (χ2n) is 8.13. The number of hydrogen-bond donors (Lipinski definition) is 2. The van der Waals surface area contributed by atoms with E-state index in [1.807, 2.05) is 6.92 Å². The number of rotatable bonds is 8. The molecular weight excluding hydrogens is 446 g/mol. The molecule has 2 unspecified atom stereocenters. The van der Waals surface area contributed by atoms with Crippen LogP contribution in [0.15, 0.2) is 35.2 Å². The number of carbonyl (C=O) groups excluding carboxylic acids is 3. The molecule has 1 heterocycles. The van der Waals surface area contributed by atoms with E-state index >= 15 is 0 Å². The van der Waals surface area contributed by atoms with E-state index < -0.39 is 53.1 Å². The normalized spacial score (nSPS) is 17.9. The lowest BCUT2D eigenvalue weighted by Gasteiger charge is -2.42. The Labute approximate surface area is 184 Å². The Morgan fingerprint density at radius 1 is 1.26 bits per heavy atom. The van der Waals surface area contributed by atoms with Crippen LogP contribution in [0.3, 0.4) is 0 Å². The monoisotopic (exact) mass is 469 g/mol. The molecule has 2 rings (SSSR count). The van der Waals surface area contributed by atoms with E-state index in [-0.39, 0.29) is 12.0 Å². The molecule has 1 aromatic rings. The summed E-state index contributed by atoms with van der Waals surface area (Å²) >= 11 is 4.41. The van der Waals surface area contributed by atoms with E-state index in [0.29, 0.717) is 6.42 Å². The molecule has 10 nitrogen and oxygen atoms in total. The number of imide groups is 1. The van der Waals surface area contributed by atoms with Crippen molar-refractivity contribution in [3.63, 3.8) is 0 Å². The first-order chi connectivity index (χ1) is 14.1. The highest BCUT2D eigenvalue weighted by Crippen LogP contribution is 2.32. The van der Waals surface area contributed by atoms with Gasteiger partial charge < -0.3 is 9.87 Å². The highest BCUT2D eigenvalue weighted by atomic mass is 32.8. The second-order valence-corrected chi connectivity index (χ2v) is 10.9. The summed E-state index contributed by atoms with van der Waals surface area (Å²) in [6.45, 7) is 6.96. The van der Waals surface area contributed by atoms with Gasteiger partial charge in [0.05, 0.1) is 10.5 Å². The summed E-state index contributed by atoms with van der Waals surface area (Å²) < 4.78 is 21.2. The summed E-state index contributed by atoms with van der Waals surface area (Å²) in [5.41, 5.74) is -2.63. The molecule has 168 valence electrons. The maximum Gasteiger partial charge on any atom is 0.288 e. The highest BCUT2D eigenvalue weighted by molar-refractivity contribution is 8.29. The Balaban J connectivity index is 2.30. The molecule has 1 aliphatic rings. The van der Waals surface area contributed by atoms with Crippen LogP contribution in [-0.2, 0) is 29.6 Å². The van der Waals surface area contributed by atoms with Gasteiger partial charge in [0.25, 0.3) is 23.4 Å². The van der Waals surface area contributed by atoms with E-state index in [1.165, 1.54) is 18.2 Å². The SMILES string of the molecule is CCC(C)(CC(C)(C)NC(=O)c1ccc(S(=O)(O)=S)c([N+](=O)[O-])c1)N1C(=O)C=CC1=O. The molecule has 0 fully saturated rings. The molecular formula is C19H23N3O7S2. The smallest absolute Gasteiger partial charge is 0.288 e. The standard InChI is InChI=1S/C19H23N3O7S2/c1-5-19(4,21-15(23)8-9-16(21)24)11-18(2,3)20-17(25)12-6-7-14(31(28,29)30)13(10-12)22(26)27/h6-10H,5,11H2,1-4H3,(H,20,25)(H,28,29,30). The van der Waals surface area contributed by atoms with E-state index in [1.54, 1.807) is 20.8 Å². The Bertz CT molecular complexity index is 1080. The Morgan fingerprint density at radius 2 is 1.81 bits per heavy atom. The topological polar surface area (TPSA) is 147 Å². The number of benzene rings is 1. The fourth-order valence-corrected chi connectivity index (χ4v) is 4.75. The van der Waals surface area contributed by atoms with Gasteiger partial charge in [0.1, 0.15) is 4.90 Å². The highest BCUT2D eigenvalue weighted by Gasteiger charge is 2.43. The van der Waals surface area contributed by atoms with Gasteiger partial charge >= 0.3 is 0 Å². The quantitative estimate of drug-likeness (QED) is 0.334. The molecule has 0 saturated carbocycles. The van der Waals surface area contributed by atoms with Crippen LogP contribution < -0.4 is 5.32 Å². The lowest BCUT2D eigenvalue weighted by Crippen LogP contribution is -2.56. The third-order valence-electron chi connectivity index (χ3n) is 5.08. The fourth-order valence-electron chi connectivity index (χ4n) is 3.69. The average Bonchev–Trinajstić information content (AvgIpc) is 2.98. The Hall–Kier alpha value is -2.70. The van der Waals surface area contributed by atoms with Crippen LogP contribution in [0.1, 0.15) is 50.9 Å². The van der Waals surface area contributed by atoms with Crippen molar-refractivity contribution < 1.29 is 28.1 Å². The molecule has 0 spiro atoms. The van der Waals surface area contributed by atoms with Crippen molar-refractivity contribution in [2.45, 2.75) is 56.5 Å². The van der Waals surface area contributed by atoms with Gasteiger partial charge in [0.2, 0.25) is 0 Å². The summed E-state index contributed by atoms with van der Waals surface area (Å²) in [5.74, 6) is -1.53. The molecule has 0 saturated heterocycles. The van der Waals surface area contributed by atoms with Gasteiger partial charge in [-0.3, -0.25) is 29.4 Å². The zero-order chi connectivity index (χ0) is 23.8. The lowest BCUT2D eigenvalue weighted by atomic mass is 9.82. The van der Waals surface area contributed by atoms with Crippen molar-refractivity contribution in [3.8, 4) is 0 Å². The third-order valence-corrected chi connectivity index (χ3v) is 6.52. The number of carbonyl (C=O) groups is 3. The van der Waals surface area contributed by atoms with Crippen LogP contribution in [0.2, 0.25) is 0 Å². The van der Waals surface area contributed by atoms with Gasteiger partial charge in [-0.1, -0.05) is 6.92 Å². The molecule has 0 aromatic heterocycles. The Kier molecular flexibility index (Phi) is 6.69. The first-order valence-corrected chi connectivity index (χ1v) is 11.7. The van der Waals surface area contributed by atoms with Crippen LogP contribution in [0.4, 0.5) is 5.69 Å². The third kappa shape index (κ3) is 5.32. The van der Waals surface area contributed by atoms with Crippen LogP contribution in [-0.4, -0.2) is 47.4 Å². The van der Waals surface area contributed by atoms with Crippen molar-refractivity contribution in [3.05, 3.63) is 46.0 Å². The van der Waals surface area contributed by atoms with Crippen LogP contribution in [0.5, 0.6) is 0 Å². The van der Waals surface area contributed by atoms with Gasteiger partial charge in [-0.15, -0.1) is 0 Å². The van der Waals surface area contributed by atoms with Gasteiger partial charge in [-0.05, 0) is 45.7 Å². The lowest BCUT2D eigenvalue weighted by molar-refractivity contribution is -0.387. The summed E-state index contributed by atoms with van der Waals surface area (Å²) in [4.78, 5) is 48.1. The van der Waals surface area contributed by atoms with E-state index in [0.717, 1.165) is 17.0 Å². The van der Waals surface area contributed by atoms with Gasteiger partial charge in [-0.2, -0.15) is 0 Å². The van der Waals surface area contributed by atoms with E-state index in [9.17, 15) is 33.3 Å². The predicted molar refractivity (Wildman–Crippen MR) is 115 cm³/mol. The molecule has 1 aromatic carbocycles. The number of nitrogens with zero attached hydrogens (tertiary/aromatic N) is 2. The van der Waals surface area contributed by atoms with Crippen molar-refractivity contribution in [2.75, 3.05) is 0 Å². The maximum absolute atomic E-state index is 12.8. The molecule has 1 aliphatic heterocycles. The van der Waals surface area contributed by atoms with Gasteiger partial charge in [-0.25, -0.2) is 4.21 Å². The van der Waals surface area contributed by atoms with Crippen molar-refractivity contribution in [1.29, 1.82) is 0 Å². The van der Waals surface area contributed by atoms with Crippen molar-refractivity contribution in [2.24, 2.45) is 0 Å². The number of hydrogen-bond acceptors (Lipinski definition) is 7. The minimum atomic E-state index is -4.02. The van der Waals surface area contributed by atoms with Gasteiger partial charge in [0.15, 0.2) is 8.77 Å². The largest absolute Gasteiger partial charge is 0.347 e.